The molecular formula is C67H122O6. The van der Waals surface area contributed by atoms with Crippen LogP contribution in [0, 0.1) is 0 Å². The van der Waals surface area contributed by atoms with Crippen LogP contribution in [0.3, 0.4) is 0 Å². The quantitative estimate of drug-likeness (QED) is 0.0261. The highest BCUT2D eigenvalue weighted by molar-refractivity contribution is 5.71. The Labute approximate surface area is 454 Å². The molecule has 426 valence electrons. The largest absolute Gasteiger partial charge is 0.462 e. The molecule has 0 aromatic heterocycles. The summed E-state index contributed by atoms with van der Waals surface area (Å²) in [7, 11) is 0. The molecule has 6 heteroatoms. The summed E-state index contributed by atoms with van der Waals surface area (Å²) >= 11 is 0. The molecule has 0 radical (unpaired) electrons. The van der Waals surface area contributed by atoms with Crippen LogP contribution in [0.1, 0.15) is 342 Å². The van der Waals surface area contributed by atoms with Crippen molar-refractivity contribution in [1.82, 2.24) is 0 Å². The van der Waals surface area contributed by atoms with Crippen molar-refractivity contribution in [3.63, 3.8) is 0 Å². The van der Waals surface area contributed by atoms with Gasteiger partial charge in [-0.3, -0.25) is 14.4 Å². The summed E-state index contributed by atoms with van der Waals surface area (Å²) in [5.41, 5.74) is 0. The normalized spacial score (nSPS) is 12.3. The average Bonchev–Trinajstić information content (AvgIpc) is 3.39. The van der Waals surface area contributed by atoms with Crippen LogP contribution in [-0.2, 0) is 28.6 Å². The van der Waals surface area contributed by atoms with E-state index < -0.39 is 6.10 Å². The molecule has 0 aliphatic heterocycles. The third-order valence-electron chi connectivity index (χ3n) is 14.3. The fourth-order valence-electron chi connectivity index (χ4n) is 9.41. The molecule has 0 aromatic rings. The molecule has 0 aromatic carbocycles. The third kappa shape index (κ3) is 60.1. The second-order valence-corrected chi connectivity index (χ2v) is 21.7. The number of rotatable bonds is 59. The van der Waals surface area contributed by atoms with E-state index in [1.807, 2.05) is 0 Å². The van der Waals surface area contributed by atoms with Crippen LogP contribution in [0.25, 0.3) is 0 Å². The van der Waals surface area contributed by atoms with E-state index in [-0.39, 0.29) is 31.1 Å². The minimum atomic E-state index is -0.781. The van der Waals surface area contributed by atoms with Crippen molar-refractivity contribution in [2.75, 3.05) is 13.2 Å². The lowest BCUT2D eigenvalue weighted by molar-refractivity contribution is -0.167. The molecule has 0 unspecified atom stereocenters. The number of carbonyl (C=O) groups is 3. The molecule has 0 N–H and O–H groups in total. The molecule has 1 atom stereocenters. The zero-order valence-corrected chi connectivity index (χ0v) is 48.9. The van der Waals surface area contributed by atoms with E-state index in [0.29, 0.717) is 19.3 Å². The second kappa shape index (κ2) is 61.9. The van der Waals surface area contributed by atoms with E-state index in [9.17, 15) is 14.4 Å². The van der Waals surface area contributed by atoms with E-state index in [1.54, 1.807) is 0 Å². The van der Waals surface area contributed by atoms with Crippen molar-refractivity contribution >= 4 is 17.9 Å². The van der Waals surface area contributed by atoms with Gasteiger partial charge in [-0.1, -0.05) is 268 Å². The minimum absolute atomic E-state index is 0.0776. The Morgan fingerprint density at radius 1 is 0.274 bits per heavy atom. The van der Waals surface area contributed by atoms with Crippen LogP contribution in [0.2, 0.25) is 0 Å². The molecule has 0 amide bonds. The predicted octanol–water partition coefficient (Wildman–Crippen LogP) is 21.8. The van der Waals surface area contributed by atoms with Gasteiger partial charge in [0.05, 0.1) is 0 Å². The summed E-state index contributed by atoms with van der Waals surface area (Å²) in [5, 5.41) is 0. The van der Waals surface area contributed by atoms with Gasteiger partial charge in [-0.25, -0.2) is 0 Å². The number of esters is 3. The molecule has 0 spiro atoms. The fraction of sp³-hybridized carbons (Fsp3) is 0.836. The van der Waals surface area contributed by atoms with Gasteiger partial charge in [-0.2, -0.15) is 0 Å². The summed E-state index contributed by atoms with van der Waals surface area (Å²) in [4.78, 5) is 38.3. The van der Waals surface area contributed by atoms with E-state index in [2.05, 4.69) is 69.4 Å². The van der Waals surface area contributed by atoms with Gasteiger partial charge in [0.1, 0.15) is 13.2 Å². The molecule has 0 bridgehead atoms. The van der Waals surface area contributed by atoms with Crippen molar-refractivity contribution in [3.8, 4) is 0 Å². The molecule has 0 aliphatic carbocycles. The van der Waals surface area contributed by atoms with E-state index in [0.717, 1.165) is 70.6 Å². The molecule has 0 saturated carbocycles. The monoisotopic (exact) mass is 1020 g/mol. The first-order chi connectivity index (χ1) is 36.0. The smallest absolute Gasteiger partial charge is 0.306 e. The Kier molecular flexibility index (Phi) is 59.7. The first-order valence-electron chi connectivity index (χ1n) is 32.1. The summed E-state index contributed by atoms with van der Waals surface area (Å²) in [6.45, 7) is 6.65. The zero-order valence-electron chi connectivity index (χ0n) is 48.9. The molecule has 0 rings (SSSR count). The number of unbranched alkanes of at least 4 members (excludes halogenated alkanes) is 40. The summed E-state index contributed by atoms with van der Waals surface area (Å²) in [5.74, 6) is -0.874. The third-order valence-corrected chi connectivity index (χ3v) is 14.3. The number of carbonyl (C=O) groups excluding carboxylic acids is 3. The summed E-state index contributed by atoms with van der Waals surface area (Å²) < 4.78 is 16.9. The second-order valence-electron chi connectivity index (χ2n) is 21.7. The van der Waals surface area contributed by atoms with Crippen molar-refractivity contribution in [2.24, 2.45) is 0 Å². The SMILES string of the molecule is CCCCC/C=C\C/C=C\CCCCCCCCCC(=O)OC[C@H](COC(=O)CCCCCCCCC/C=C\CCCCCCCCCC)OC(=O)CCCCCCCCC/C=C\CCCCCCCCCC. The number of hydrogen-bond donors (Lipinski definition) is 0. The first-order valence-corrected chi connectivity index (χ1v) is 32.1. The zero-order chi connectivity index (χ0) is 52.9. The molecule has 0 heterocycles. The number of hydrogen-bond acceptors (Lipinski definition) is 6. The van der Waals surface area contributed by atoms with Crippen molar-refractivity contribution in [1.29, 1.82) is 0 Å². The maximum atomic E-state index is 12.9. The Hall–Kier alpha value is -2.63. The van der Waals surface area contributed by atoms with Gasteiger partial charge in [0.15, 0.2) is 6.10 Å². The topological polar surface area (TPSA) is 78.9 Å². The van der Waals surface area contributed by atoms with Crippen molar-refractivity contribution in [2.45, 2.75) is 348 Å². The highest BCUT2D eigenvalue weighted by Gasteiger charge is 2.19. The van der Waals surface area contributed by atoms with E-state index in [4.69, 9.17) is 14.2 Å². The molecular weight excluding hydrogens is 901 g/mol. The predicted molar refractivity (Wildman–Crippen MR) is 316 cm³/mol. The van der Waals surface area contributed by atoms with Gasteiger partial charge >= 0.3 is 17.9 Å². The fourth-order valence-corrected chi connectivity index (χ4v) is 9.41. The number of ether oxygens (including phenoxy) is 3. The molecule has 0 saturated heterocycles. The summed E-state index contributed by atoms with van der Waals surface area (Å²) in [6.07, 6.45) is 76.8. The Morgan fingerprint density at radius 2 is 0.493 bits per heavy atom. The lowest BCUT2D eigenvalue weighted by Gasteiger charge is -2.18. The van der Waals surface area contributed by atoms with Gasteiger partial charge < -0.3 is 14.2 Å². The van der Waals surface area contributed by atoms with Crippen LogP contribution < -0.4 is 0 Å². The standard InChI is InChI=1S/C67H122O6/c1-4-7-10-13-16-19-22-25-28-31-33-36-39-42-45-48-51-54-57-60-66(69)72-63-64(62-71-65(68)59-56-53-50-47-44-41-38-35-30-27-24-21-18-15-12-9-6-3)73-67(70)61-58-55-52-49-46-43-40-37-34-32-29-26-23-20-17-14-11-8-5-2/h18,21,27,30-34,64H,4-17,19-20,22-26,28-29,35-63H2,1-3H3/b21-18-,30-27-,33-31-,34-32-/t64-/m1/s1. The van der Waals surface area contributed by atoms with Crippen LogP contribution in [-0.4, -0.2) is 37.2 Å². The maximum Gasteiger partial charge on any atom is 0.306 e. The van der Waals surface area contributed by atoms with Crippen LogP contribution >= 0.6 is 0 Å². The highest BCUT2D eigenvalue weighted by atomic mass is 16.6. The van der Waals surface area contributed by atoms with Crippen LogP contribution in [0.5, 0.6) is 0 Å². The lowest BCUT2D eigenvalue weighted by atomic mass is 10.1. The Bertz CT molecular complexity index is 1270. The average molecular weight is 1020 g/mol. The Morgan fingerprint density at radius 3 is 0.795 bits per heavy atom. The Balaban J connectivity index is 4.37. The van der Waals surface area contributed by atoms with Gasteiger partial charge in [0, 0.05) is 19.3 Å². The molecule has 6 nitrogen and oxygen atoms in total. The van der Waals surface area contributed by atoms with Crippen LogP contribution in [0.4, 0.5) is 0 Å². The van der Waals surface area contributed by atoms with Gasteiger partial charge in [0.2, 0.25) is 0 Å². The first kappa shape index (κ1) is 70.4. The van der Waals surface area contributed by atoms with E-state index >= 15 is 0 Å². The van der Waals surface area contributed by atoms with Crippen LogP contribution in [0.15, 0.2) is 48.6 Å². The van der Waals surface area contributed by atoms with Gasteiger partial charge in [0.25, 0.3) is 0 Å². The minimum Gasteiger partial charge on any atom is -0.462 e. The molecule has 0 aliphatic rings. The van der Waals surface area contributed by atoms with E-state index in [1.165, 1.54) is 231 Å². The van der Waals surface area contributed by atoms with Crippen molar-refractivity contribution in [3.05, 3.63) is 48.6 Å². The van der Waals surface area contributed by atoms with Crippen molar-refractivity contribution < 1.29 is 28.6 Å². The maximum absolute atomic E-state index is 12.9. The highest BCUT2D eigenvalue weighted by Crippen LogP contribution is 2.16. The number of allylic oxidation sites excluding steroid dienone is 8. The molecule has 0 fully saturated rings. The molecule has 73 heavy (non-hydrogen) atoms. The van der Waals surface area contributed by atoms with Gasteiger partial charge in [-0.15, -0.1) is 0 Å². The lowest BCUT2D eigenvalue weighted by Crippen LogP contribution is -2.30. The van der Waals surface area contributed by atoms with Gasteiger partial charge in [-0.05, 0) is 103 Å². The summed E-state index contributed by atoms with van der Waals surface area (Å²) in [6, 6.07) is 0.